The zero-order valence-electron chi connectivity index (χ0n) is 6.82. The van der Waals surface area contributed by atoms with Crippen LogP contribution in [0, 0.1) is 0 Å². The molecule has 0 aromatic rings. The van der Waals surface area contributed by atoms with Crippen LogP contribution in [0.5, 0.6) is 0 Å². The van der Waals surface area contributed by atoms with Gasteiger partial charge in [0, 0.05) is 5.70 Å². The molecule has 1 nitrogen and oxygen atoms in total. The van der Waals surface area contributed by atoms with Crippen LogP contribution in [0.15, 0.2) is 29.7 Å². The van der Waals surface area contributed by atoms with E-state index in [2.05, 4.69) is 18.2 Å². The molecule has 0 aliphatic rings. The van der Waals surface area contributed by atoms with E-state index in [0.717, 1.165) is 6.21 Å². The van der Waals surface area contributed by atoms with E-state index in [-0.39, 0.29) is 0 Å². The molecule has 0 aromatic carbocycles. The Kier molecular flexibility index (Phi) is 9.56. The predicted octanol–water partition coefficient (Wildman–Crippen LogP) is 3.10. The highest BCUT2D eigenvalue weighted by molar-refractivity contribution is 5.75. The third kappa shape index (κ3) is 15.7. The van der Waals surface area contributed by atoms with Crippen LogP contribution in [0.3, 0.4) is 0 Å². The summed E-state index contributed by atoms with van der Waals surface area (Å²) in [5, 5.41) is 0. The van der Waals surface area contributed by atoms with Gasteiger partial charge in [0.05, 0.1) is 6.21 Å². The summed E-state index contributed by atoms with van der Waals surface area (Å²) in [5.41, 5.74) is 0.573. The predicted molar refractivity (Wildman–Crippen MR) is 44.9 cm³/mol. The number of hydrogen-bond donors (Lipinski definition) is 0. The maximum absolute atomic E-state index is 11.7. The van der Waals surface area contributed by atoms with Crippen molar-refractivity contribution in [1.82, 2.24) is 0 Å². The van der Waals surface area contributed by atoms with Crippen molar-refractivity contribution in [3.05, 3.63) is 24.7 Å². The zero-order chi connectivity index (χ0) is 8.57. The molecular weight excluding hydrogens is 129 g/mol. The minimum atomic E-state index is -0.548. The van der Waals surface area contributed by atoms with E-state index in [1.807, 2.05) is 13.8 Å². The van der Waals surface area contributed by atoms with Crippen LogP contribution < -0.4 is 0 Å². The van der Waals surface area contributed by atoms with Gasteiger partial charge in [-0.3, -0.25) is 4.99 Å². The van der Waals surface area contributed by atoms with Crippen molar-refractivity contribution in [3.63, 3.8) is 0 Å². The third-order valence-electron chi connectivity index (χ3n) is 0.425. The Balaban J connectivity index is 0. The average Bonchev–Trinajstić information content (AvgIpc) is 1.89. The first-order chi connectivity index (χ1) is 4.63. The summed E-state index contributed by atoms with van der Waals surface area (Å²) >= 11 is 0. The summed E-state index contributed by atoms with van der Waals surface area (Å²) in [5.74, 6) is -0.548. The van der Waals surface area contributed by atoms with Gasteiger partial charge >= 0.3 is 0 Å². The highest BCUT2D eigenvalue weighted by Crippen LogP contribution is 1.90. The standard InChI is InChI=1S/C6H8FN.C2H6/c1-5(2)8-4-6(3)7;1-2/h4H,1,3H2,2H3;1-2H3. The Morgan fingerprint density at radius 3 is 1.90 bits per heavy atom. The average molecular weight is 143 g/mol. The summed E-state index contributed by atoms with van der Waals surface area (Å²) in [4.78, 5) is 3.53. The van der Waals surface area contributed by atoms with E-state index in [1.165, 1.54) is 0 Å². The van der Waals surface area contributed by atoms with Crippen molar-refractivity contribution in [2.75, 3.05) is 0 Å². The van der Waals surface area contributed by atoms with Gasteiger partial charge in [0.25, 0.3) is 0 Å². The van der Waals surface area contributed by atoms with E-state index < -0.39 is 5.83 Å². The first kappa shape index (κ1) is 11.8. The largest absolute Gasteiger partial charge is 0.259 e. The van der Waals surface area contributed by atoms with Gasteiger partial charge in [-0.1, -0.05) is 27.0 Å². The fourth-order valence-corrected chi connectivity index (χ4v) is 0.180. The number of hydrogen-bond acceptors (Lipinski definition) is 1. The van der Waals surface area contributed by atoms with Crippen LogP contribution in [0.25, 0.3) is 0 Å². The van der Waals surface area contributed by atoms with E-state index in [9.17, 15) is 4.39 Å². The number of rotatable bonds is 2. The van der Waals surface area contributed by atoms with Gasteiger partial charge in [-0.15, -0.1) is 0 Å². The molecule has 0 radical (unpaired) electrons. The smallest absolute Gasteiger partial charge is 0.134 e. The van der Waals surface area contributed by atoms with E-state index in [1.54, 1.807) is 6.92 Å². The second-order valence-electron chi connectivity index (χ2n) is 1.44. The van der Waals surface area contributed by atoms with Crippen molar-refractivity contribution < 1.29 is 4.39 Å². The fourth-order valence-electron chi connectivity index (χ4n) is 0.180. The second-order valence-corrected chi connectivity index (χ2v) is 1.44. The van der Waals surface area contributed by atoms with E-state index >= 15 is 0 Å². The van der Waals surface area contributed by atoms with Gasteiger partial charge in [-0.25, -0.2) is 4.39 Å². The molecular formula is C8H14FN. The quantitative estimate of drug-likeness (QED) is 0.527. The van der Waals surface area contributed by atoms with Crippen molar-refractivity contribution in [3.8, 4) is 0 Å². The number of aliphatic imine (C=N–C) groups is 1. The van der Waals surface area contributed by atoms with Gasteiger partial charge in [0.1, 0.15) is 5.83 Å². The third-order valence-corrected chi connectivity index (χ3v) is 0.425. The Morgan fingerprint density at radius 1 is 1.40 bits per heavy atom. The lowest BCUT2D eigenvalue weighted by Crippen LogP contribution is -1.70. The van der Waals surface area contributed by atoms with Crippen LogP contribution in [-0.4, -0.2) is 6.21 Å². The summed E-state index contributed by atoms with van der Waals surface area (Å²) in [6.45, 7) is 12.1. The first-order valence-electron chi connectivity index (χ1n) is 3.17. The Bertz CT molecular complexity index is 120. The Labute approximate surface area is 62.0 Å². The van der Waals surface area contributed by atoms with Crippen molar-refractivity contribution in [1.29, 1.82) is 0 Å². The van der Waals surface area contributed by atoms with E-state index in [4.69, 9.17) is 0 Å². The lowest BCUT2D eigenvalue weighted by molar-refractivity contribution is 0.690. The molecule has 0 aliphatic carbocycles. The highest BCUT2D eigenvalue weighted by Gasteiger charge is 1.77. The maximum Gasteiger partial charge on any atom is 0.134 e. The van der Waals surface area contributed by atoms with Gasteiger partial charge < -0.3 is 0 Å². The SMILES string of the molecule is C=C(F)C=NC(=C)C.CC. The minimum Gasteiger partial charge on any atom is -0.259 e. The minimum absolute atomic E-state index is 0.548. The maximum atomic E-state index is 11.7. The van der Waals surface area contributed by atoms with Crippen molar-refractivity contribution in [2.45, 2.75) is 20.8 Å². The molecule has 0 rings (SSSR count). The van der Waals surface area contributed by atoms with Crippen molar-refractivity contribution in [2.24, 2.45) is 4.99 Å². The second kappa shape index (κ2) is 8.08. The van der Waals surface area contributed by atoms with Crippen LogP contribution in [0.4, 0.5) is 4.39 Å². The number of allylic oxidation sites excluding steroid dienone is 2. The molecule has 58 valence electrons. The molecule has 0 saturated heterocycles. The Morgan fingerprint density at radius 2 is 1.80 bits per heavy atom. The van der Waals surface area contributed by atoms with Gasteiger partial charge in [0.2, 0.25) is 0 Å². The van der Waals surface area contributed by atoms with Crippen LogP contribution in [0.2, 0.25) is 0 Å². The lowest BCUT2D eigenvalue weighted by atomic mass is 10.6. The summed E-state index contributed by atoms with van der Waals surface area (Å²) < 4.78 is 11.7. The molecule has 2 heteroatoms. The molecule has 0 fully saturated rings. The molecule has 0 unspecified atom stereocenters. The number of halogens is 1. The number of nitrogens with zero attached hydrogens (tertiary/aromatic N) is 1. The molecule has 0 amide bonds. The van der Waals surface area contributed by atoms with Crippen molar-refractivity contribution >= 4 is 6.21 Å². The normalized spacial score (nSPS) is 8.40. The zero-order valence-corrected chi connectivity index (χ0v) is 6.82. The molecule has 0 saturated carbocycles. The van der Waals surface area contributed by atoms with Crippen LogP contribution in [-0.2, 0) is 0 Å². The molecule has 0 N–H and O–H groups in total. The van der Waals surface area contributed by atoms with Crippen LogP contribution >= 0.6 is 0 Å². The Hall–Kier alpha value is -0.920. The molecule has 0 bridgehead atoms. The summed E-state index contributed by atoms with van der Waals surface area (Å²) in [6.07, 6.45) is 1.03. The molecule has 0 spiro atoms. The molecule has 0 aromatic heterocycles. The van der Waals surface area contributed by atoms with Gasteiger partial charge in [-0.2, -0.15) is 0 Å². The summed E-state index contributed by atoms with van der Waals surface area (Å²) in [6, 6.07) is 0. The molecule has 0 heterocycles. The fraction of sp³-hybridized carbons (Fsp3) is 0.375. The molecule has 0 atom stereocenters. The summed E-state index contributed by atoms with van der Waals surface area (Å²) in [7, 11) is 0. The highest BCUT2D eigenvalue weighted by atomic mass is 19.1. The first-order valence-corrected chi connectivity index (χ1v) is 3.17. The topological polar surface area (TPSA) is 12.4 Å². The van der Waals surface area contributed by atoms with Gasteiger partial charge in [-0.05, 0) is 6.92 Å². The molecule has 0 aliphatic heterocycles. The lowest BCUT2D eigenvalue weighted by Gasteiger charge is -1.81. The van der Waals surface area contributed by atoms with Crippen LogP contribution in [0.1, 0.15) is 20.8 Å². The molecule has 10 heavy (non-hydrogen) atoms. The van der Waals surface area contributed by atoms with E-state index in [0.29, 0.717) is 5.70 Å². The van der Waals surface area contributed by atoms with Gasteiger partial charge in [0.15, 0.2) is 0 Å². The monoisotopic (exact) mass is 143 g/mol.